The van der Waals surface area contributed by atoms with Crippen LogP contribution in [0.4, 0.5) is 4.79 Å². The highest BCUT2D eigenvalue weighted by Crippen LogP contribution is 2.12. The van der Waals surface area contributed by atoms with E-state index in [1.165, 1.54) is 6.92 Å². The van der Waals surface area contributed by atoms with E-state index in [0.29, 0.717) is 0 Å². The number of rotatable bonds is 0. The molecule has 1 fully saturated rings. The fraction of sp³-hybridized carbons (Fsp3) is 0.400. The van der Waals surface area contributed by atoms with Crippen molar-refractivity contribution in [3.8, 4) is 0 Å². The summed E-state index contributed by atoms with van der Waals surface area (Å²) >= 11 is 1.55. The fourth-order valence-corrected chi connectivity index (χ4v) is 1.18. The van der Waals surface area contributed by atoms with Crippen molar-refractivity contribution in [1.29, 1.82) is 0 Å². The summed E-state index contributed by atoms with van der Waals surface area (Å²) in [5.41, 5.74) is 0. The SMILES string of the molecule is C[C@@H]1C(=O)NC(=O)N(I)C1=O. The van der Waals surface area contributed by atoms with E-state index in [9.17, 15) is 14.4 Å². The van der Waals surface area contributed by atoms with Gasteiger partial charge in [-0.1, -0.05) is 0 Å². The maximum Gasteiger partial charge on any atom is 0.339 e. The third kappa shape index (κ3) is 1.35. The van der Waals surface area contributed by atoms with Crippen LogP contribution in [0.1, 0.15) is 6.92 Å². The predicted molar refractivity (Wildman–Crippen MR) is 43.6 cm³/mol. The van der Waals surface area contributed by atoms with Crippen LogP contribution in [0.5, 0.6) is 0 Å². The average molecular weight is 268 g/mol. The predicted octanol–water partition coefficient (Wildman–Crippen LogP) is 0.0509. The van der Waals surface area contributed by atoms with E-state index in [-0.39, 0.29) is 0 Å². The van der Waals surface area contributed by atoms with Crippen LogP contribution in [0.15, 0.2) is 0 Å². The molecule has 0 aromatic heterocycles. The first-order valence-electron chi connectivity index (χ1n) is 2.88. The molecule has 4 amide bonds. The molecule has 0 radical (unpaired) electrons. The molecular weight excluding hydrogens is 263 g/mol. The highest BCUT2D eigenvalue weighted by Gasteiger charge is 2.36. The van der Waals surface area contributed by atoms with E-state index >= 15 is 0 Å². The second kappa shape index (κ2) is 2.76. The maximum absolute atomic E-state index is 11.0. The maximum atomic E-state index is 11.0. The summed E-state index contributed by atoms with van der Waals surface area (Å²) in [6, 6.07) is -0.668. The summed E-state index contributed by atoms with van der Waals surface area (Å²) in [6.45, 7) is 1.45. The van der Waals surface area contributed by atoms with Crippen LogP contribution in [0.2, 0.25) is 0 Å². The molecule has 0 unspecified atom stereocenters. The van der Waals surface area contributed by atoms with Crippen molar-refractivity contribution in [1.82, 2.24) is 8.43 Å². The van der Waals surface area contributed by atoms with E-state index < -0.39 is 23.8 Å². The molecule has 1 atom stereocenters. The van der Waals surface area contributed by atoms with Crippen molar-refractivity contribution >= 4 is 40.7 Å². The van der Waals surface area contributed by atoms with Crippen molar-refractivity contribution in [2.45, 2.75) is 6.92 Å². The van der Waals surface area contributed by atoms with Gasteiger partial charge < -0.3 is 0 Å². The van der Waals surface area contributed by atoms with Gasteiger partial charge >= 0.3 is 6.03 Å². The van der Waals surface area contributed by atoms with Gasteiger partial charge in [-0.3, -0.25) is 14.9 Å². The Morgan fingerprint density at radius 3 is 2.55 bits per heavy atom. The van der Waals surface area contributed by atoms with Crippen LogP contribution in [0, 0.1) is 5.92 Å². The Kier molecular flexibility index (Phi) is 2.12. The topological polar surface area (TPSA) is 66.5 Å². The lowest BCUT2D eigenvalue weighted by Crippen LogP contribution is -2.52. The lowest BCUT2D eigenvalue weighted by Gasteiger charge is -2.22. The Hall–Kier alpha value is -0.660. The molecule has 5 nitrogen and oxygen atoms in total. The summed E-state index contributed by atoms with van der Waals surface area (Å²) in [5, 5.41) is 2.03. The van der Waals surface area contributed by atoms with Crippen LogP contribution in [0.3, 0.4) is 0 Å². The number of barbiturate groups is 1. The zero-order valence-electron chi connectivity index (χ0n) is 5.63. The second-order valence-electron chi connectivity index (χ2n) is 2.14. The Labute approximate surface area is 76.6 Å². The number of halogens is 1. The van der Waals surface area contributed by atoms with Crippen LogP contribution in [-0.2, 0) is 9.59 Å². The number of nitrogens with zero attached hydrogens (tertiary/aromatic N) is 1. The van der Waals surface area contributed by atoms with Gasteiger partial charge in [-0.2, -0.15) is 0 Å². The van der Waals surface area contributed by atoms with Crippen molar-refractivity contribution in [3.63, 3.8) is 0 Å². The minimum atomic E-state index is -0.760. The van der Waals surface area contributed by atoms with E-state index in [4.69, 9.17) is 0 Å². The number of imide groups is 2. The molecule has 0 aliphatic carbocycles. The number of urea groups is 1. The Bertz CT molecular complexity index is 218. The number of carbonyl (C=O) groups is 3. The van der Waals surface area contributed by atoms with Crippen molar-refractivity contribution < 1.29 is 14.4 Å². The number of nitrogens with one attached hydrogen (secondary N) is 1. The minimum absolute atomic E-state index is 0.473. The van der Waals surface area contributed by atoms with Crippen LogP contribution in [-0.4, -0.2) is 21.0 Å². The molecule has 0 bridgehead atoms. The van der Waals surface area contributed by atoms with Crippen molar-refractivity contribution in [2.75, 3.05) is 0 Å². The fourth-order valence-electron chi connectivity index (χ4n) is 0.645. The van der Waals surface area contributed by atoms with E-state index in [0.717, 1.165) is 3.11 Å². The Morgan fingerprint density at radius 1 is 1.45 bits per heavy atom. The molecule has 6 heteroatoms. The highest BCUT2D eigenvalue weighted by atomic mass is 127. The van der Waals surface area contributed by atoms with E-state index in [2.05, 4.69) is 0 Å². The quantitative estimate of drug-likeness (QED) is 0.383. The number of hydrogen-bond donors (Lipinski definition) is 1. The third-order valence-electron chi connectivity index (χ3n) is 1.37. The first kappa shape index (κ1) is 8.44. The highest BCUT2D eigenvalue weighted by molar-refractivity contribution is 14.1. The van der Waals surface area contributed by atoms with Gasteiger partial charge in [-0.05, 0) is 6.92 Å². The van der Waals surface area contributed by atoms with Gasteiger partial charge in [0.2, 0.25) is 5.91 Å². The smallest absolute Gasteiger partial charge is 0.276 e. The third-order valence-corrected chi connectivity index (χ3v) is 2.28. The molecule has 1 aliphatic rings. The molecule has 0 aromatic carbocycles. The average Bonchev–Trinajstić information content (AvgIpc) is 1.97. The monoisotopic (exact) mass is 268 g/mol. The summed E-state index contributed by atoms with van der Waals surface area (Å²) in [7, 11) is 0. The molecule has 1 rings (SSSR count). The summed E-state index contributed by atoms with van der Waals surface area (Å²) in [5.74, 6) is -1.77. The normalized spacial score (nSPS) is 25.5. The van der Waals surface area contributed by atoms with Gasteiger partial charge in [0, 0.05) is 0 Å². The molecule has 1 aliphatic heterocycles. The standard InChI is InChI=1S/C5H5IN2O3/c1-2-3(9)7-5(11)8(6)4(2)10/h2H,1H3,(H,7,9,11)/t2-/m1/s1. The lowest BCUT2D eigenvalue weighted by atomic mass is 10.1. The second-order valence-corrected chi connectivity index (χ2v) is 3.10. The minimum Gasteiger partial charge on any atom is -0.276 e. The van der Waals surface area contributed by atoms with Gasteiger partial charge in [-0.15, -0.1) is 0 Å². The van der Waals surface area contributed by atoms with Crippen LogP contribution >= 0.6 is 22.9 Å². The summed E-state index contributed by atoms with van der Waals surface area (Å²) < 4.78 is 0.865. The van der Waals surface area contributed by atoms with Gasteiger partial charge in [0.25, 0.3) is 5.91 Å². The largest absolute Gasteiger partial charge is 0.339 e. The lowest BCUT2D eigenvalue weighted by molar-refractivity contribution is -0.137. The van der Waals surface area contributed by atoms with Gasteiger partial charge in [-0.25, -0.2) is 7.91 Å². The molecule has 1 N–H and O–H groups in total. The van der Waals surface area contributed by atoms with Crippen molar-refractivity contribution in [2.24, 2.45) is 5.92 Å². The van der Waals surface area contributed by atoms with E-state index in [1.807, 2.05) is 5.32 Å². The van der Waals surface area contributed by atoms with Crippen LogP contribution < -0.4 is 5.32 Å². The molecule has 11 heavy (non-hydrogen) atoms. The van der Waals surface area contributed by atoms with E-state index in [1.54, 1.807) is 22.9 Å². The molecule has 0 saturated carbocycles. The summed E-state index contributed by atoms with van der Waals surface area (Å²) in [4.78, 5) is 32.5. The first-order chi connectivity index (χ1) is 5.04. The van der Waals surface area contributed by atoms with Crippen LogP contribution in [0.25, 0.3) is 0 Å². The van der Waals surface area contributed by atoms with Crippen molar-refractivity contribution in [3.05, 3.63) is 0 Å². The number of amides is 4. The summed E-state index contributed by atoms with van der Waals surface area (Å²) in [6.07, 6.45) is 0. The molecule has 1 saturated heterocycles. The number of hydrogen-bond acceptors (Lipinski definition) is 3. The zero-order chi connectivity index (χ0) is 8.59. The molecule has 0 spiro atoms. The number of carbonyl (C=O) groups excluding carboxylic acids is 3. The van der Waals surface area contributed by atoms with Gasteiger partial charge in [0.05, 0.1) is 22.9 Å². The molecule has 60 valence electrons. The van der Waals surface area contributed by atoms with Gasteiger partial charge in [0.1, 0.15) is 5.92 Å². The molecule has 1 heterocycles. The first-order valence-corrected chi connectivity index (χ1v) is 3.85. The Balaban J connectivity index is 2.87. The Morgan fingerprint density at radius 2 is 2.00 bits per heavy atom. The molecule has 0 aromatic rings. The molecular formula is C5H5IN2O3. The van der Waals surface area contributed by atoms with Gasteiger partial charge in [0.15, 0.2) is 0 Å². The zero-order valence-corrected chi connectivity index (χ0v) is 7.78.